The van der Waals surface area contributed by atoms with Gasteiger partial charge in [0.05, 0.1) is 0 Å². The van der Waals surface area contributed by atoms with Gasteiger partial charge in [0, 0.05) is 25.2 Å². The van der Waals surface area contributed by atoms with Gasteiger partial charge in [0.25, 0.3) is 0 Å². The van der Waals surface area contributed by atoms with Crippen molar-refractivity contribution in [2.24, 2.45) is 5.73 Å². The third kappa shape index (κ3) is 3.80. The highest BCUT2D eigenvalue weighted by Crippen LogP contribution is 2.14. The van der Waals surface area contributed by atoms with E-state index in [1.54, 1.807) is 18.9 Å². The first-order valence-electron chi connectivity index (χ1n) is 6.86. The molecule has 1 aromatic carbocycles. The van der Waals surface area contributed by atoms with Crippen LogP contribution in [0, 0.1) is 0 Å². The summed E-state index contributed by atoms with van der Waals surface area (Å²) in [4.78, 5) is 15.3. The number of halogens is 1. The van der Waals surface area contributed by atoms with Gasteiger partial charge in [0.1, 0.15) is 6.04 Å². The predicted molar refractivity (Wildman–Crippen MR) is 86.5 cm³/mol. The Bertz CT molecular complexity index is 602. The van der Waals surface area contributed by atoms with E-state index in [1.165, 1.54) is 4.80 Å². The topological polar surface area (TPSA) is 89.9 Å². The maximum atomic E-state index is 12.3. The Kier molecular flexibility index (Phi) is 6.45. The molecule has 0 saturated heterocycles. The van der Waals surface area contributed by atoms with Gasteiger partial charge in [-0.1, -0.05) is 30.3 Å². The van der Waals surface area contributed by atoms with Crippen LogP contribution >= 0.6 is 12.4 Å². The summed E-state index contributed by atoms with van der Waals surface area (Å²) in [7, 11) is 1.73. The van der Waals surface area contributed by atoms with Crippen LogP contribution in [0.15, 0.2) is 30.3 Å². The predicted octanol–water partition coefficient (Wildman–Crippen LogP) is 1.13. The largest absolute Gasteiger partial charge is 0.340 e. The second kappa shape index (κ2) is 7.86. The van der Waals surface area contributed by atoms with Crippen molar-refractivity contribution < 1.29 is 4.79 Å². The fraction of sp³-hybridized carbons (Fsp3) is 0.429. The summed E-state index contributed by atoms with van der Waals surface area (Å²) in [6, 6.07) is 8.98. The van der Waals surface area contributed by atoms with Gasteiger partial charge >= 0.3 is 0 Å². The molecule has 8 heteroatoms. The molecule has 2 rings (SSSR count). The Morgan fingerprint density at radius 1 is 1.32 bits per heavy atom. The van der Waals surface area contributed by atoms with E-state index in [0.717, 1.165) is 5.56 Å². The van der Waals surface area contributed by atoms with E-state index in [0.29, 0.717) is 12.4 Å². The smallest absolute Gasteiger partial charge is 0.249 e. The molecule has 0 radical (unpaired) electrons. The molecule has 0 aliphatic heterocycles. The van der Waals surface area contributed by atoms with Gasteiger partial charge in [0.15, 0.2) is 0 Å². The number of aromatic nitrogens is 4. The Morgan fingerprint density at radius 3 is 2.55 bits per heavy atom. The van der Waals surface area contributed by atoms with E-state index in [4.69, 9.17) is 5.73 Å². The maximum Gasteiger partial charge on any atom is 0.249 e. The molecule has 22 heavy (non-hydrogen) atoms. The lowest BCUT2D eigenvalue weighted by molar-refractivity contribution is -0.135. The summed E-state index contributed by atoms with van der Waals surface area (Å²) < 4.78 is 0. The summed E-state index contributed by atoms with van der Waals surface area (Å²) in [5.74, 6) is 0.412. The molecule has 1 aromatic heterocycles. The zero-order chi connectivity index (χ0) is 15.4. The zero-order valence-corrected chi connectivity index (χ0v) is 13.7. The summed E-state index contributed by atoms with van der Waals surface area (Å²) in [5, 5.41) is 12.3. The first kappa shape index (κ1) is 18.1. The summed E-state index contributed by atoms with van der Waals surface area (Å²) in [6.07, 6.45) is 0. The van der Waals surface area contributed by atoms with Gasteiger partial charge in [-0.3, -0.25) is 4.79 Å². The van der Waals surface area contributed by atoms with Crippen LogP contribution in [0.25, 0.3) is 11.4 Å². The van der Waals surface area contributed by atoms with Crippen LogP contribution in [0.2, 0.25) is 0 Å². The van der Waals surface area contributed by atoms with Gasteiger partial charge in [0.2, 0.25) is 11.7 Å². The molecule has 1 heterocycles. The number of nitrogens with two attached hydrogens (primary N) is 1. The van der Waals surface area contributed by atoms with Crippen molar-refractivity contribution >= 4 is 18.3 Å². The van der Waals surface area contributed by atoms with Crippen LogP contribution in [0.1, 0.15) is 19.9 Å². The maximum absolute atomic E-state index is 12.3. The van der Waals surface area contributed by atoms with Crippen LogP contribution < -0.4 is 5.73 Å². The Balaban J connectivity index is 0.00000242. The molecule has 0 saturated carbocycles. The lowest BCUT2D eigenvalue weighted by Gasteiger charge is -2.25. The average Bonchev–Trinajstić information content (AvgIpc) is 3.02. The van der Waals surface area contributed by atoms with Crippen molar-refractivity contribution in [3.8, 4) is 11.4 Å². The Hall–Kier alpha value is -1.99. The van der Waals surface area contributed by atoms with E-state index in [1.807, 2.05) is 37.3 Å². The zero-order valence-electron chi connectivity index (χ0n) is 12.9. The third-order valence-corrected chi connectivity index (χ3v) is 3.51. The fourth-order valence-electron chi connectivity index (χ4n) is 1.86. The molecule has 0 aliphatic rings. The van der Waals surface area contributed by atoms with E-state index in [2.05, 4.69) is 15.4 Å². The molecule has 2 atom stereocenters. The first-order valence-corrected chi connectivity index (χ1v) is 6.86. The van der Waals surface area contributed by atoms with Crippen molar-refractivity contribution in [2.45, 2.75) is 25.9 Å². The van der Waals surface area contributed by atoms with E-state index < -0.39 is 6.04 Å². The van der Waals surface area contributed by atoms with Crippen LogP contribution in [-0.2, 0) is 4.79 Å². The number of likely N-dealkylation sites (N-methyl/N-ethyl adjacent to an activating group) is 1. The van der Waals surface area contributed by atoms with Gasteiger partial charge in [-0.2, -0.15) is 4.80 Å². The molecule has 0 fully saturated rings. The fourth-order valence-corrected chi connectivity index (χ4v) is 1.86. The quantitative estimate of drug-likeness (QED) is 0.890. The van der Waals surface area contributed by atoms with Crippen molar-refractivity contribution in [3.63, 3.8) is 0 Å². The van der Waals surface area contributed by atoms with Crippen molar-refractivity contribution in [1.29, 1.82) is 0 Å². The normalized spacial score (nSPS) is 13.1. The highest BCUT2D eigenvalue weighted by atomic mass is 35.5. The summed E-state index contributed by atoms with van der Waals surface area (Å²) in [6.45, 7) is 4.06. The number of hydrogen-bond donors (Lipinski definition) is 1. The van der Waals surface area contributed by atoms with Gasteiger partial charge in [-0.05, 0) is 19.1 Å². The number of amides is 1. The molecule has 1 amide bonds. The van der Waals surface area contributed by atoms with Crippen LogP contribution in [0.5, 0.6) is 0 Å². The number of tetrazole rings is 1. The number of benzene rings is 1. The van der Waals surface area contributed by atoms with Crippen molar-refractivity contribution in [1.82, 2.24) is 25.1 Å². The standard InChI is InChI=1S/C14H20N6O.ClH/c1-10(9-15)19(3)14(21)11(2)20-17-13(16-18-20)12-7-5-4-6-8-12;/h4-8,10-11H,9,15H2,1-3H3;1H. The van der Waals surface area contributed by atoms with Crippen molar-refractivity contribution in [2.75, 3.05) is 13.6 Å². The van der Waals surface area contributed by atoms with Crippen LogP contribution in [-0.4, -0.2) is 50.6 Å². The monoisotopic (exact) mass is 324 g/mol. The second-order valence-electron chi connectivity index (χ2n) is 5.01. The lowest BCUT2D eigenvalue weighted by atomic mass is 10.2. The van der Waals surface area contributed by atoms with Gasteiger partial charge in [-0.15, -0.1) is 22.6 Å². The number of carbonyl (C=O) groups is 1. The van der Waals surface area contributed by atoms with Gasteiger partial charge in [-0.25, -0.2) is 0 Å². The molecule has 120 valence electrons. The molecule has 0 bridgehead atoms. The Morgan fingerprint density at radius 2 is 1.95 bits per heavy atom. The highest BCUT2D eigenvalue weighted by Gasteiger charge is 2.24. The molecule has 2 aromatic rings. The first-order chi connectivity index (χ1) is 10.0. The third-order valence-electron chi connectivity index (χ3n) is 3.51. The minimum Gasteiger partial charge on any atom is -0.340 e. The molecule has 7 nitrogen and oxygen atoms in total. The molecule has 0 aliphatic carbocycles. The second-order valence-corrected chi connectivity index (χ2v) is 5.01. The van der Waals surface area contributed by atoms with Crippen molar-refractivity contribution in [3.05, 3.63) is 30.3 Å². The van der Waals surface area contributed by atoms with Crippen LogP contribution in [0.3, 0.4) is 0 Å². The summed E-state index contributed by atoms with van der Waals surface area (Å²) >= 11 is 0. The lowest BCUT2D eigenvalue weighted by Crippen LogP contribution is -2.43. The van der Waals surface area contributed by atoms with E-state index in [-0.39, 0.29) is 24.4 Å². The molecule has 2 unspecified atom stereocenters. The highest BCUT2D eigenvalue weighted by molar-refractivity contribution is 5.85. The molecular formula is C14H21ClN6O. The number of nitrogens with zero attached hydrogens (tertiary/aromatic N) is 5. The SMILES string of the molecule is CC(CN)N(C)C(=O)C(C)n1nnc(-c2ccccc2)n1.Cl. The average molecular weight is 325 g/mol. The number of hydrogen-bond acceptors (Lipinski definition) is 5. The molecular weight excluding hydrogens is 304 g/mol. The molecule has 2 N–H and O–H groups in total. The number of carbonyl (C=O) groups excluding carboxylic acids is 1. The minimum absolute atomic E-state index is 0. The van der Waals surface area contributed by atoms with E-state index >= 15 is 0 Å². The summed E-state index contributed by atoms with van der Waals surface area (Å²) in [5.41, 5.74) is 6.45. The van der Waals surface area contributed by atoms with Crippen LogP contribution in [0.4, 0.5) is 0 Å². The van der Waals surface area contributed by atoms with Gasteiger partial charge < -0.3 is 10.6 Å². The van der Waals surface area contributed by atoms with E-state index in [9.17, 15) is 4.79 Å². The molecule has 0 spiro atoms. The Labute approximate surface area is 135 Å². The number of rotatable bonds is 5. The minimum atomic E-state index is -0.519.